The minimum atomic E-state index is -4.53. The van der Waals surface area contributed by atoms with Crippen LogP contribution < -0.4 is 5.32 Å². The molecule has 5 nitrogen and oxygen atoms in total. The molecule has 21 heavy (non-hydrogen) atoms. The van der Waals surface area contributed by atoms with Crippen molar-refractivity contribution in [2.45, 2.75) is 25.9 Å². The molecule has 1 amide bonds. The third kappa shape index (κ3) is 4.22. The van der Waals surface area contributed by atoms with Crippen molar-refractivity contribution >= 4 is 23.4 Å². The van der Waals surface area contributed by atoms with Gasteiger partial charge in [-0.2, -0.15) is 17.5 Å². The zero-order chi connectivity index (χ0) is 15.5. The molecule has 2 rings (SSSR count). The molecule has 0 unspecified atom stereocenters. The number of aromatic nitrogens is 3. The Morgan fingerprint density at radius 1 is 1.33 bits per heavy atom. The van der Waals surface area contributed by atoms with Crippen molar-refractivity contribution in [2.75, 3.05) is 5.32 Å². The van der Waals surface area contributed by atoms with Gasteiger partial charge in [-0.25, -0.2) is 9.97 Å². The molecular weight excluding hydrogens is 305 g/mol. The number of aryl methyl sites for hydroxylation is 1. The van der Waals surface area contributed by atoms with Crippen LogP contribution in [0.15, 0.2) is 18.2 Å². The number of carbonyl (C=O) groups excluding carboxylic acids is 1. The molecule has 0 aliphatic carbocycles. The number of nitrogens with one attached hydrogen (secondary N) is 1. The number of pyridine rings is 1. The third-order valence-corrected chi connectivity index (χ3v) is 3.32. The van der Waals surface area contributed by atoms with Gasteiger partial charge in [0.1, 0.15) is 10.7 Å². The van der Waals surface area contributed by atoms with E-state index in [0.29, 0.717) is 6.42 Å². The van der Waals surface area contributed by atoms with E-state index in [4.69, 9.17) is 0 Å². The fraction of sp³-hybridized carbons (Fsp3) is 0.333. The molecular formula is C12H11F3N4OS. The Bertz CT molecular complexity index is 641. The first-order valence-electron chi connectivity index (χ1n) is 6.04. The minimum absolute atomic E-state index is 0.0354. The Kier molecular flexibility index (Phi) is 4.51. The molecule has 2 heterocycles. The number of halogens is 3. The summed E-state index contributed by atoms with van der Waals surface area (Å²) in [6, 6.07) is 3.44. The molecule has 1 N–H and O–H groups in total. The number of carbonyl (C=O) groups is 1. The Morgan fingerprint density at radius 3 is 2.71 bits per heavy atom. The molecule has 0 aliphatic heterocycles. The summed E-state index contributed by atoms with van der Waals surface area (Å²) in [4.78, 5) is 19.2. The Labute approximate surface area is 122 Å². The molecule has 0 spiro atoms. The van der Waals surface area contributed by atoms with Crippen LogP contribution in [0.5, 0.6) is 0 Å². The van der Waals surface area contributed by atoms with Crippen molar-refractivity contribution in [1.82, 2.24) is 14.3 Å². The van der Waals surface area contributed by atoms with Crippen molar-refractivity contribution in [3.63, 3.8) is 0 Å². The largest absolute Gasteiger partial charge is 0.433 e. The smallest absolute Gasteiger partial charge is 0.293 e. The van der Waals surface area contributed by atoms with E-state index in [1.165, 1.54) is 12.1 Å². The van der Waals surface area contributed by atoms with E-state index >= 15 is 0 Å². The lowest BCUT2D eigenvalue weighted by atomic mass is 10.2. The molecule has 9 heteroatoms. The van der Waals surface area contributed by atoms with Crippen LogP contribution in [0.2, 0.25) is 0 Å². The van der Waals surface area contributed by atoms with E-state index in [0.717, 1.165) is 22.6 Å². The predicted octanol–water partition coefficient (Wildman–Crippen LogP) is 2.70. The second-order valence-corrected chi connectivity index (χ2v) is 4.94. The molecule has 0 saturated carbocycles. The van der Waals surface area contributed by atoms with Gasteiger partial charge in [0.15, 0.2) is 0 Å². The van der Waals surface area contributed by atoms with Crippen LogP contribution in [-0.4, -0.2) is 20.2 Å². The van der Waals surface area contributed by atoms with Gasteiger partial charge in [0.25, 0.3) is 0 Å². The Morgan fingerprint density at radius 2 is 2.10 bits per heavy atom. The molecule has 2 aromatic rings. The van der Waals surface area contributed by atoms with Gasteiger partial charge in [-0.15, -0.1) is 0 Å². The first-order chi connectivity index (χ1) is 9.88. The highest BCUT2D eigenvalue weighted by Gasteiger charge is 2.32. The van der Waals surface area contributed by atoms with Crippen LogP contribution in [0.3, 0.4) is 0 Å². The molecule has 0 aliphatic rings. The summed E-state index contributed by atoms with van der Waals surface area (Å²) < 4.78 is 41.5. The van der Waals surface area contributed by atoms with Crippen LogP contribution in [0.1, 0.15) is 23.3 Å². The first-order valence-corrected chi connectivity index (χ1v) is 6.81. The highest BCUT2D eigenvalue weighted by molar-refractivity contribution is 7.05. The second-order valence-electron chi connectivity index (χ2n) is 4.10. The Balaban J connectivity index is 2.02. The molecule has 0 fully saturated rings. The van der Waals surface area contributed by atoms with Gasteiger partial charge in [0, 0.05) is 0 Å². The average Bonchev–Trinajstić information content (AvgIpc) is 2.85. The fourth-order valence-electron chi connectivity index (χ4n) is 1.52. The van der Waals surface area contributed by atoms with Crippen LogP contribution in [0.25, 0.3) is 0 Å². The molecule has 0 saturated heterocycles. The SMILES string of the molecule is CCc1nc(NC(=O)Cc2cccc(C(F)(F)F)n2)ns1. The lowest BCUT2D eigenvalue weighted by molar-refractivity contribution is -0.141. The monoisotopic (exact) mass is 316 g/mol. The van der Waals surface area contributed by atoms with E-state index in [9.17, 15) is 18.0 Å². The van der Waals surface area contributed by atoms with Crippen molar-refractivity contribution in [3.8, 4) is 0 Å². The normalized spacial score (nSPS) is 11.4. The van der Waals surface area contributed by atoms with Gasteiger partial charge < -0.3 is 0 Å². The summed E-state index contributed by atoms with van der Waals surface area (Å²) >= 11 is 1.16. The summed E-state index contributed by atoms with van der Waals surface area (Å²) in [6.07, 6.45) is -4.10. The summed E-state index contributed by atoms with van der Waals surface area (Å²) in [5.74, 6) is -0.351. The average molecular weight is 316 g/mol. The molecule has 2 aromatic heterocycles. The maximum atomic E-state index is 12.5. The molecule has 0 aromatic carbocycles. The fourth-order valence-corrected chi connectivity index (χ4v) is 2.05. The number of anilines is 1. The first kappa shape index (κ1) is 15.4. The third-order valence-electron chi connectivity index (χ3n) is 2.46. The van der Waals surface area contributed by atoms with Gasteiger partial charge in [0.05, 0.1) is 12.1 Å². The van der Waals surface area contributed by atoms with E-state index in [1.54, 1.807) is 0 Å². The highest BCUT2D eigenvalue weighted by atomic mass is 32.1. The molecule has 0 bridgehead atoms. The van der Waals surface area contributed by atoms with E-state index in [2.05, 4.69) is 19.7 Å². The zero-order valence-corrected chi connectivity index (χ0v) is 11.8. The zero-order valence-electron chi connectivity index (χ0n) is 10.9. The quantitative estimate of drug-likeness (QED) is 0.941. The van der Waals surface area contributed by atoms with Gasteiger partial charge in [-0.3, -0.25) is 10.1 Å². The highest BCUT2D eigenvalue weighted by Crippen LogP contribution is 2.27. The van der Waals surface area contributed by atoms with Crippen LogP contribution in [0, 0.1) is 0 Å². The van der Waals surface area contributed by atoms with E-state index < -0.39 is 17.8 Å². The van der Waals surface area contributed by atoms with Crippen molar-refractivity contribution in [2.24, 2.45) is 0 Å². The van der Waals surface area contributed by atoms with Crippen LogP contribution in [-0.2, 0) is 23.8 Å². The van der Waals surface area contributed by atoms with Gasteiger partial charge >= 0.3 is 6.18 Å². The molecule has 0 radical (unpaired) electrons. The number of amides is 1. The molecule has 0 atom stereocenters. The second kappa shape index (κ2) is 6.17. The predicted molar refractivity (Wildman–Crippen MR) is 70.9 cm³/mol. The van der Waals surface area contributed by atoms with Gasteiger partial charge in [0.2, 0.25) is 11.9 Å². The van der Waals surface area contributed by atoms with E-state index in [1.807, 2.05) is 6.92 Å². The summed E-state index contributed by atoms with van der Waals surface area (Å²) in [5, 5.41) is 3.20. The summed E-state index contributed by atoms with van der Waals surface area (Å²) in [5.41, 5.74) is -0.985. The number of alkyl halides is 3. The number of nitrogens with zero attached hydrogens (tertiary/aromatic N) is 3. The molecule has 112 valence electrons. The van der Waals surface area contributed by atoms with Crippen molar-refractivity contribution in [1.29, 1.82) is 0 Å². The maximum Gasteiger partial charge on any atom is 0.433 e. The maximum absolute atomic E-state index is 12.5. The van der Waals surface area contributed by atoms with Crippen LogP contribution in [0.4, 0.5) is 19.1 Å². The number of hydrogen-bond donors (Lipinski definition) is 1. The lowest BCUT2D eigenvalue weighted by Crippen LogP contribution is -2.17. The van der Waals surface area contributed by atoms with Gasteiger partial charge in [-0.05, 0) is 30.1 Å². The Hall–Kier alpha value is -2.03. The minimum Gasteiger partial charge on any atom is -0.293 e. The van der Waals surface area contributed by atoms with Crippen molar-refractivity contribution in [3.05, 3.63) is 34.6 Å². The summed E-state index contributed by atoms with van der Waals surface area (Å²) in [7, 11) is 0. The lowest BCUT2D eigenvalue weighted by Gasteiger charge is -2.07. The number of rotatable bonds is 4. The standard InChI is InChI=1S/C12H11F3N4OS/c1-2-10-18-11(19-21-10)17-9(20)6-7-4-3-5-8(16-7)12(13,14)15/h3-5H,2,6H2,1H3,(H,17,19,20). The van der Waals surface area contributed by atoms with Gasteiger partial charge in [-0.1, -0.05) is 13.0 Å². The summed E-state index contributed by atoms with van der Waals surface area (Å²) in [6.45, 7) is 1.90. The van der Waals surface area contributed by atoms with Crippen LogP contribution >= 0.6 is 11.5 Å². The number of hydrogen-bond acceptors (Lipinski definition) is 5. The van der Waals surface area contributed by atoms with Crippen molar-refractivity contribution < 1.29 is 18.0 Å². The van der Waals surface area contributed by atoms with E-state index in [-0.39, 0.29) is 18.1 Å². The topological polar surface area (TPSA) is 67.8 Å².